The quantitative estimate of drug-likeness (QED) is 0.562. The Hall–Kier alpha value is -2.82. The predicted molar refractivity (Wildman–Crippen MR) is 89.1 cm³/mol. The molecule has 2 aromatic rings. The van der Waals surface area contributed by atoms with Crippen molar-refractivity contribution >= 4 is 29.5 Å². The molecule has 3 rings (SSSR count). The first-order chi connectivity index (χ1) is 12.9. The van der Waals surface area contributed by atoms with Gasteiger partial charge in [0.25, 0.3) is 5.22 Å². The second-order valence-corrected chi connectivity index (χ2v) is 6.57. The summed E-state index contributed by atoms with van der Waals surface area (Å²) in [5.41, 5.74) is 0.0480. The van der Waals surface area contributed by atoms with E-state index in [0.29, 0.717) is 19.5 Å². The Kier molecular flexibility index (Phi) is 5.79. The molecule has 1 aliphatic heterocycles. The van der Waals surface area contributed by atoms with Gasteiger partial charge in [0, 0.05) is 31.5 Å². The Bertz CT molecular complexity index is 889. The van der Waals surface area contributed by atoms with Crippen LogP contribution in [0, 0.1) is 11.6 Å². The average molecular weight is 396 g/mol. The summed E-state index contributed by atoms with van der Waals surface area (Å²) in [5.74, 6) is -2.63. The number of Topliss-reactive ketones (excluding diaryl/α,β-unsaturated/α-hetero) is 1. The summed E-state index contributed by atoms with van der Waals surface area (Å²) in [4.78, 5) is 36.2. The van der Waals surface area contributed by atoms with Crippen LogP contribution in [-0.2, 0) is 11.2 Å². The van der Waals surface area contributed by atoms with Crippen molar-refractivity contribution in [3.8, 4) is 0 Å². The van der Waals surface area contributed by atoms with E-state index in [2.05, 4.69) is 15.5 Å². The predicted octanol–water partition coefficient (Wildman–Crippen LogP) is 1.81. The highest BCUT2D eigenvalue weighted by Gasteiger charge is 2.23. The van der Waals surface area contributed by atoms with Gasteiger partial charge in [-0.15, -0.1) is 10.2 Å². The third-order valence-corrected chi connectivity index (χ3v) is 4.57. The van der Waals surface area contributed by atoms with Crippen LogP contribution in [0.15, 0.2) is 27.8 Å². The summed E-state index contributed by atoms with van der Waals surface area (Å²) in [7, 11) is 0. The van der Waals surface area contributed by atoms with Gasteiger partial charge in [-0.05, 0) is 18.2 Å². The second kappa shape index (κ2) is 8.25. The van der Waals surface area contributed by atoms with Crippen LogP contribution >= 0.6 is 11.8 Å². The average Bonchev–Trinajstić information content (AvgIpc) is 3.09. The van der Waals surface area contributed by atoms with Gasteiger partial charge in [-0.3, -0.25) is 14.9 Å². The number of nitrogens with one attached hydrogen (secondary N) is 1. The standard InChI is InChI=1S/C16H14F2N4O4S/c17-10-2-1-9(7-11(10)18)12(23)8-27-16-21-20-14(26-16)4-6-22-5-3-13(24)19-15(22)25/h1-2,7H,3-6,8H2,(H,19,24,25). The molecule has 8 nitrogen and oxygen atoms in total. The summed E-state index contributed by atoms with van der Waals surface area (Å²) in [6, 6.07) is 2.47. The molecule has 0 aliphatic carbocycles. The third-order valence-electron chi connectivity index (χ3n) is 3.75. The molecular weight excluding hydrogens is 382 g/mol. The lowest BCUT2D eigenvalue weighted by molar-refractivity contribution is -0.121. The molecule has 1 fully saturated rings. The zero-order valence-corrected chi connectivity index (χ0v) is 14.7. The molecule has 0 saturated carbocycles. The number of amides is 3. The smallest absolute Gasteiger partial charge is 0.324 e. The molecule has 1 aromatic carbocycles. The zero-order valence-electron chi connectivity index (χ0n) is 13.9. The van der Waals surface area contributed by atoms with Gasteiger partial charge in [0.05, 0.1) is 5.75 Å². The Morgan fingerprint density at radius 1 is 1.26 bits per heavy atom. The lowest BCUT2D eigenvalue weighted by Crippen LogP contribution is -2.49. The second-order valence-electron chi connectivity index (χ2n) is 5.64. The summed E-state index contributed by atoms with van der Waals surface area (Å²) < 4.78 is 31.5. The van der Waals surface area contributed by atoms with Gasteiger partial charge in [-0.1, -0.05) is 11.8 Å². The largest absolute Gasteiger partial charge is 0.416 e. The summed E-state index contributed by atoms with van der Waals surface area (Å²) in [6.07, 6.45) is 0.537. The van der Waals surface area contributed by atoms with Crippen LogP contribution in [0.3, 0.4) is 0 Å². The normalized spacial score (nSPS) is 14.4. The number of nitrogens with zero attached hydrogens (tertiary/aromatic N) is 3. The summed E-state index contributed by atoms with van der Waals surface area (Å²) in [5, 5.41) is 10.00. The zero-order chi connectivity index (χ0) is 19.4. The van der Waals surface area contributed by atoms with Gasteiger partial charge in [0.15, 0.2) is 17.4 Å². The van der Waals surface area contributed by atoms with Crippen molar-refractivity contribution in [3.63, 3.8) is 0 Å². The fourth-order valence-electron chi connectivity index (χ4n) is 2.32. The van der Waals surface area contributed by atoms with Crippen LogP contribution in [0.1, 0.15) is 22.7 Å². The molecule has 0 atom stereocenters. The SMILES string of the molecule is O=C1CCN(CCc2nnc(SCC(=O)c3ccc(F)c(F)c3)o2)C(=O)N1. The lowest BCUT2D eigenvalue weighted by Gasteiger charge is -2.25. The molecule has 0 unspecified atom stereocenters. The molecule has 2 heterocycles. The Morgan fingerprint density at radius 2 is 2.07 bits per heavy atom. The topological polar surface area (TPSA) is 105 Å². The Morgan fingerprint density at radius 3 is 2.81 bits per heavy atom. The molecule has 0 radical (unpaired) electrons. The van der Waals surface area contributed by atoms with Crippen LogP contribution in [-0.4, -0.2) is 51.7 Å². The number of carbonyl (C=O) groups is 3. The van der Waals surface area contributed by atoms with Crippen molar-refractivity contribution in [1.29, 1.82) is 0 Å². The van der Waals surface area contributed by atoms with E-state index in [1.165, 1.54) is 11.0 Å². The highest BCUT2D eigenvalue weighted by molar-refractivity contribution is 7.99. The number of aromatic nitrogens is 2. The highest BCUT2D eigenvalue weighted by atomic mass is 32.2. The first-order valence-corrected chi connectivity index (χ1v) is 8.93. The first-order valence-electron chi connectivity index (χ1n) is 7.94. The van der Waals surface area contributed by atoms with Gasteiger partial charge in [0.2, 0.25) is 11.8 Å². The molecule has 27 heavy (non-hydrogen) atoms. The van der Waals surface area contributed by atoms with Crippen LogP contribution in [0.2, 0.25) is 0 Å². The van der Waals surface area contributed by atoms with Crippen LogP contribution in [0.5, 0.6) is 0 Å². The fraction of sp³-hybridized carbons (Fsp3) is 0.312. The number of thioether (sulfide) groups is 1. The molecule has 1 saturated heterocycles. The first kappa shape index (κ1) is 19.0. The molecule has 0 bridgehead atoms. The summed E-state index contributed by atoms with van der Waals surface area (Å²) >= 11 is 0.973. The van der Waals surface area contributed by atoms with Crippen LogP contribution < -0.4 is 5.32 Å². The Labute approximate surface area is 156 Å². The number of urea groups is 1. The minimum absolute atomic E-state index is 0.0480. The number of benzene rings is 1. The maximum absolute atomic E-state index is 13.2. The van der Waals surface area contributed by atoms with E-state index in [9.17, 15) is 23.2 Å². The molecule has 1 aromatic heterocycles. The number of hydrogen-bond acceptors (Lipinski definition) is 7. The van der Waals surface area contributed by atoms with Crippen molar-refractivity contribution < 1.29 is 27.6 Å². The van der Waals surface area contributed by atoms with E-state index in [1.807, 2.05) is 0 Å². The molecular formula is C16H14F2N4O4S. The van der Waals surface area contributed by atoms with Crippen LogP contribution in [0.25, 0.3) is 0 Å². The maximum atomic E-state index is 13.2. The maximum Gasteiger partial charge on any atom is 0.324 e. The van der Waals surface area contributed by atoms with E-state index in [-0.39, 0.29) is 34.8 Å². The van der Waals surface area contributed by atoms with E-state index in [1.54, 1.807) is 0 Å². The number of imide groups is 1. The van der Waals surface area contributed by atoms with Crippen molar-refractivity contribution in [2.75, 3.05) is 18.8 Å². The van der Waals surface area contributed by atoms with Crippen molar-refractivity contribution in [1.82, 2.24) is 20.4 Å². The number of ketones is 1. The minimum atomic E-state index is -1.09. The van der Waals surface area contributed by atoms with Gasteiger partial charge >= 0.3 is 6.03 Å². The number of carbonyl (C=O) groups excluding carboxylic acids is 3. The summed E-state index contributed by atoms with van der Waals surface area (Å²) in [6.45, 7) is 0.627. The number of hydrogen-bond donors (Lipinski definition) is 1. The molecule has 0 spiro atoms. The van der Waals surface area contributed by atoms with E-state index < -0.39 is 23.4 Å². The van der Waals surface area contributed by atoms with Crippen molar-refractivity contribution in [3.05, 3.63) is 41.3 Å². The molecule has 3 amide bonds. The Balaban J connectivity index is 1.49. The van der Waals surface area contributed by atoms with E-state index in [0.717, 1.165) is 23.9 Å². The van der Waals surface area contributed by atoms with Crippen LogP contribution in [0.4, 0.5) is 13.6 Å². The van der Waals surface area contributed by atoms with E-state index >= 15 is 0 Å². The van der Waals surface area contributed by atoms with Gasteiger partial charge in [-0.25, -0.2) is 13.6 Å². The van der Waals surface area contributed by atoms with Gasteiger partial charge in [0.1, 0.15) is 0 Å². The number of rotatable bonds is 7. The molecule has 1 N–H and O–H groups in total. The van der Waals surface area contributed by atoms with Crippen molar-refractivity contribution in [2.24, 2.45) is 0 Å². The molecule has 142 valence electrons. The van der Waals surface area contributed by atoms with Gasteiger partial charge < -0.3 is 9.32 Å². The monoisotopic (exact) mass is 396 g/mol. The lowest BCUT2D eigenvalue weighted by atomic mass is 10.1. The van der Waals surface area contributed by atoms with E-state index in [4.69, 9.17) is 4.42 Å². The molecule has 1 aliphatic rings. The minimum Gasteiger partial charge on any atom is -0.416 e. The fourth-order valence-corrected chi connectivity index (χ4v) is 3.00. The highest BCUT2D eigenvalue weighted by Crippen LogP contribution is 2.19. The third kappa shape index (κ3) is 4.88. The van der Waals surface area contributed by atoms with Crippen molar-refractivity contribution in [2.45, 2.75) is 18.1 Å². The van der Waals surface area contributed by atoms with Gasteiger partial charge in [-0.2, -0.15) is 0 Å². The molecule has 11 heteroatoms. The number of halogens is 2.